The van der Waals surface area contributed by atoms with Crippen molar-refractivity contribution in [2.75, 3.05) is 6.61 Å². The summed E-state index contributed by atoms with van der Waals surface area (Å²) >= 11 is 0.955. The Balaban J connectivity index is 1.65. The molecule has 0 spiro atoms. The van der Waals surface area contributed by atoms with E-state index in [0.717, 1.165) is 28.9 Å². The number of H-pyrrole nitrogens is 1. The average Bonchev–Trinajstić information content (AvgIpc) is 3.12. The van der Waals surface area contributed by atoms with Crippen LogP contribution in [0.1, 0.15) is 47.6 Å². The molecule has 1 atom stereocenters. The van der Waals surface area contributed by atoms with Gasteiger partial charge in [-0.25, -0.2) is 0 Å². The van der Waals surface area contributed by atoms with Crippen LogP contribution in [0.3, 0.4) is 0 Å². The Morgan fingerprint density at radius 3 is 2.42 bits per heavy atom. The van der Waals surface area contributed by atoms with E-state index in [9.17, 15) is 19.5 Å². The molecule has 3 aromatic rings. The van der Waals surface area contributed by atoms with Gasteiger partial charge in [0.25, 0.3) is 0 Å². The number of nitrogens with zero attached hydrogens (tertiary/aromatic N) is 1. The zero-order chi connectivity index (χ0) is 23.8. The lowest BCUT2D eigenvalue weighted by Gasteiger charge is -2.18. The average molecular weight is 473 g/mol. The molecule has 2 heterocycles. The molecule has 0 aliphatic carbocycles. The van der Waals surface area contributed by atoms with Gasteiger partial charge < -0.3 is 19.7 Å². The molecule has 9 nitrogen and oxygen atoms in total. The van der Waals surface area contributed by atoms with Crippen LogP contribution < -0.4 is 9.61 Å². The maximum Gasteiger partial charge on any atom is 0.307 e. The van der Waals surface area contributed by atoms with Gasteiger partial charge in [0.15, 0.2) is 6.10 Å². The van der Waals surface area contributed by atoms with Crippen molar-refractivity contribution in [3.05, 3.63) is 74.0 Å². The minimum Gasteiger partial charge on any atom is -0.494 e. The normalized spacial score (nSPS) is 11.7. The highest BCUT2D eigenvalue weighted by Gasteiger charge is 2.20. The number of aromatic amines is 1. The van der Waals surface area contributed by atoms with Crippen LogP contribution in [0.5, 0.6) is 11.6 Å². The molecule has 10 heteroatoms. The molecule has 1 unspecified atom stereocenters. The Hall–Kier alpha value is -3.66. The van der Waals surface area contributed by atoms with E-state index in [-0.39, 0.29) is 30.2 Å². The standard InChI is InChI=1S/C23H24N2O7S/c1-2-14-5-8-17(24-12-14)18(32-21(28)10-9-20(26)27)13-31-16-6-3-15(4-7-16)11-19-22(29)25-23(30)33-19/h3-8,12,18,29H,2,9-11,13H2,1H3,(H,25,30)(H,26,27). The summed E-state index contributed by atoms with van der Waals surface area (Å²) < 4.78 is 11.3. The Bertz CT molecular complexity index is 1140. The van der Waals surface area contributed by atoms with E-state index in [2.05, 4.69) is 9.97 Å². The molecule has 0 saturated carbocycles. The molecular weight excluding hydrogens is 448 g/mol. The van der Waals surface area contributed by atoms with Gasteiger partial charge in [0.2, 0.25) is 5.88 Å². The number of esters is 1. The number of pyridine rings is 1. The number of ether oxygens (including phenoxy) is 2. The van der Waals surface area contributed by atoms with E-state index in [1.165, 1.54) is 0 Å². The third kappa shape index (κ3) is 7.18. The number of aromatic nitrogens is 2. The van der Waals surface area contributed by atoms with E-state index in [4.69, 9.17) is 14.6 Å². The Morgan fingerprint density at radius 1 is 1.12 bits per heavy atom. The van der Waals surface area contributed by atoms with Crippen LogP contribution >= 0.6 is 11.3 Å². The van der Waals surface area contributed by atoms with Gasteiger partial charge >= 0.3 is 16.8 Å². The highest BCUT2D eigenvalue weighted by atomic mass is 32.1. The van der Waals surface area contributed by atoms with Gasteiger partial charge in [-0.3, -0.25) is 24.4 Å². The van der Waals surface area contributed by atoms with Crippen molar-refractivity contribution in [3.63, 3.8) is 0 Å². The van der Waals surface area contributed by atoms with Crippen LogP contribution in [-0.4, -0.2) is 38.7 Å². The minimum absolute atomic E-state index is 0.00313. The summed E-state index contributed by atoms with van der Waals surface area (Å²) in [7, 11) is 0. The number of aliphatic carboxylic acids is 1. The number of carboxylic acids is 1. The molecule has 174 valence electrons. The van der Waals surface area contributed by atoms with E-state index in [1.54, 1.807) is 36.5 Å². The number of rotatable bonds is 11. The van der Waals surface area contributed by atoms with E-state index < -0.39 is 18.0 Å². The number of thiazole rings is 1. The highest BCUT2D eigenvalue weighted by Crippen LogP contribution is 2.23. The molecule has 0 saturated heterocycles. The third-order valence-electron chi connectivity index (χ3n) is 4.79. The maximum absolute atomic E-state index is 12.1. The summed E-state index contributed by atoms with van der Waals surface area (Å²) in [6, 6.07) is 10.7. The molecule has 0 aliphatic heterocycles. The monoisotopic (exact) mass is 472 g/mol. The maximum atomic E-state index is 12.1. The SMILES string of the molecule is CCc1ccc(C(COc2ccc(Cc3sc(=O)[nH]c3O)cc2)OC(=O)CCC(=O)O)nc1. The summed E-state index contributed by atoms with van der Waals surface area (Å²) in [5, 5.41) is 18.5. The van der Waals surface area contributed by atoms with E-state index >= 15 is 0 Å². The predicted octanol–water partition coefficient (Wildman–Crippen LogP) is 3.22. The van der Waals surface area contributed by atoms with Gasteiger partial charge in [-0.2, -0.15) is 0 Å². The number of nitrogens with one attached hydrogen (secondary N) is 1. The first-order valence-electron chi connectivity index (χ1n) is 10.3. The van der Waals surface area contributed by atoms with Gasteiger partial charge in [0, 0.05) is 12.6 Å². The van der Waals surface area contributed by atoms with Crippen LogP contribution in [0.2, 0.25) is 0 Å². The van der Waals surface area contributed by atoms with Crippen molar-refractivity contribution in [2.24, 2.45) is 0 Å². The van der Waals surface area contributed by atoms with Crippen molar-refractivity contribution in [2.45, 2.75) is 38.7 Å². The smallest absolute Gasteiger partial charge is 0.307 e. The van der Waals surface area contributed by atoms with Crippen molar-refractivity contribution in [1.82, 2.24) is 9.97 Å². The molecule has 0 radical (unpaired) electrons. The minimum atomic E-state index is -1.08. The summed E-state index contributed by atoms with van der Waals surface area (Å²) in [5.41, 5.74) is 2.41. The Morgan fingerprint density at radius 2 is 1.85 bits per heavy atom. The lowest BCUT2D eigenvalue weighted by atomic mass is 10.1. The summed E-state index contributed by atoms with van der Waals surface area (Å²) in [5.74, 6) is -1.32. The van der Waals surface area contributed by atoms with Crippen molar-refractivity contribution in [1.29, 1.82) is 0 Å². The Kier molecular flexibility index (Phi) is 8.20. The fraction of sp³-hybridized carbons (Fsp3) is 0.304. The summed E-state index contributed by atoms with van der Waals surface area (Å²) in [4.78, 5) is 41.1. The first-order chi connectivity index (χ1) is 15.8. The predicted molar refractivity (Wildman–Crippen MR) is 121 cm³/mol. The van der Waals surface area contributed by atoms with Gasteiger partial charge in [-0.1, -0.05) is 36.5 Å². The number of carboxylic acid groups (broad SMARTS) is 1. The van der Waals surface area contributed by atoms with Crippen molar-refractivity contribution in [3.8, 4) is 11.6 Å². The number of aryl methyl sites for hydroxylation is 1. The van der Waals surface area contributed by atoms with Crippen LogP contribution in [-0.2, 0) is 27.2 Å². The van der Waals surface area contributed by atoms with Gasteiger partial charge in [0.1, 0.15) is 12.4 Å². The van der Waals surface area contributed by atoms with Gasteiger partial charge in [-0.15, -0.1) is 0 Å². The number of hydrogen-bond donors (Lipinski definition) is 3. The van der Waals surface area contributed by atoms with Gasteiger partial charge in [0.05, 0.1) is 23.4 Å². The number of carbonyl (C=O) groups excluding carboxylic acids is 1. The lowest BCUT2D eigenvalue weighted by Crippen LogP contribution is -2.19. The molecule has 33 heavy (non-hydrogen) atoms. The van der Waals surface area contributed by atoms with Crippen LogP contribution in [0.15, 0.2) is 47.4 Å². The molecule has 0 bridgehead atoms. The molecule has 3 rings (SSSR count). The third-order valence-corrected chi connectivity index (χ3v) is 5.66. The second kappa shape index (κ2) is 11.3. The first kappa shape index (κ1) is 24.0. The molecule has 3 N–H and O–H groups in total. The largest absolute Gasteiger partial charge is 0.494 e. The quantitative estimate of drug-likeness (QED) is 0.362. The molecule has 0 fully saturated rings. The fourth-order valence-corrected chi connectivity index (χ4v) is 3.73. The van der Waals surface area contributed by atoms with E-state index in [1.807, 2.05) is 13.0 Å². The van der Waals surface area contributed by atoms with Crippen LogP contribution in [0.25, 0.3) is 0 Å². The van der Waals surface area contributed by atoms with Crippen LogP contribution in [0.4, 0.5) is 0 Å². The molecular formula is C23H24N2O7S. The molecule has 0 aliphatic rings. The zero-order valence-corrected chi connectivity index (χ0v) is 18.8. The second-order valence-electron chi connectivity index (χ2n) is 7.24. The number of hydrogen-bond acceptors (Lipinski definition) is 8. The Labute approximate surface area is 193 Å². The first-order valence-corrected chi connectivity index (χ1v) is 11.1. The molecule has 0 amide bonds. The molecule has 2 aromatic heterocycles. The number of benzene rings is 1. The zero-order valence-electron chi connectivity index (χ0n) is 17.9. The lowest BCUT2D eigenvalue weighted by molar-refractivity contribution is -0.153. The van der Waals surface area contributed by atoms with Crippen molar-refractivity contribution >= 4 is 23.3 Å². The summed E-state index contributed by atoms with van der Waals surface area (Å²) in [6.07, 6.45) is 1.55. The fourth-order valence-electron chi connectivity index (χ4n) is 2.97. The second-order valence-corrected chi connectivity index (χ2v) is 8.30. The molecule has 1 aromatic carbocycles. The van der Waals surface area contributed by atoms with Crippen molar-refractivity contribution < 1.29 is 29.3 Å². The summed E-state index contributed by atoms with van der Waals surface area (Å²) in [6.45, 7) is 2.00. The number of aromatic hydroxyl groups is 1. The van der Waals surface area contributed by atoms with Gasteiger partial charge in [-0.05, 0) is 35.7 Å². The van der Waals surface area contributed by atoms with Crippen LogP contribution in [0, 0.1) is 0 Å². The number of carbonyl (C=O) groups is 2. The highest BCUT2D eigenvalue weighted by molar-refractivity contribution is 7.09. The topological polar surface area (TPSA) is 139 Å². The van der Waals surface area contributed by atoms with E-state index in [0.29, 0.717) is 22.7 Å².